The standard InChI is InChI=1S/C14H14N2O/c1-9-4-10(2)14(11(3)5-9)13-6-12(7-17)15-8-16-13/h4-8H,1-3H3. The van der Waals surface area contributed by atoms with Crippen molar-refractivity contribution < 1.29 is 4.79 Å². The first kappa shape index (κ1) is 11.5. The van der Waals surface area contributed by atoms with Crippen LogP contribution in [0.4, 0.5) is 0 Å². The summed E-state index contributed by atoms with van der Waals surface area (Å²) in [7, 11) is 0. The second kappa shape index (κ2) is 4.45. The van der Waals surface area contributed by atoms with Gasteiger partial charge < -0.3 is 0 Å². The van der Waals surface area contributed by atoms with Gasteiger partial charge in [-0.1, -0.05) is 17.7 Å². The Balaban J connectivity index is 2.63. The molecule has 0 aliphatic heterocycles. The molecule has 0 aliphatic rings. The first-order chi connectivity index (χ1) is 8.11. The van der Waals surface area contributed by atoms with Crippen molar-refractivity contribution in [3.8, 4) is 11.3 Å². The molecule has 0 bridgehead atoms. The van der Waals surface area contributed by atoms with E-state index >= 15 is 0 Å². The van der Waals surface area contributed by atoms with Crippen molar-refractivity contribution in [1.82, 2.24) is 9.97 Å². The molecule has 3 nitrogen and oxygen atoms in total. The fraction of sp³-hybridized carbons (Fsp3) is 0.214. The fourth-order valence-corrected chi connectivity index (χ4v) is 2.16. The zero-order valence-corrected chi connectivity index (χ0v) is 10.2. The lowest BCUT2D eigenvalue weighted by Crippen LogP contribution is -1.95. The average molecular weight is 226 g/mol. The zero-order valence-electron chi connectivity index (χ0n) is 10.2. The molecule has 0 saturated heterocycles. The van der Waals surface area contributed by atoms with Crippen molar-refractivity contribution in [2.45, 2.75) is 20.8 Å². The Labute approximate surface area is 101 Å². The van der Waals surface area contributed by atoms with Crippen LogP contribution in [-0.4, -0.2) is 16.3 Å². The van der Waals surface area contributed by atoms with Gasteiger partial charge in [-0.25, -0.2) is 9.97 Å². The minimum absolute atomic E-state index is 0.411. The molecule has 1 heterocycles. The first-order valence-electron chi connectivity index (χ1n) is 5.47. The molecule has 1 aromatic carbocycles. The summed E-state index contributed by atoms with van der Waals surface area (Å²) >= 11 is 0. The van der Waals surface area contributed by atoms with E-state index in [1.165, 1.54) is 11.9 Å². The number of benzene rings is 1. The summed E-state index contributed by atoms with van der Waals surface area (Å²) in [6, 6.07) is 5.95. The number of aldehydes is 1. The Bertz CT molecular complexity index is 553. The molecule has 0 fully saturated rings. The van der Waals surface area contributed by atoms with Crippen molar-refractivity contribution in [2.24, 2.45) is 0 Å². The van der Waals surface area contributed by atoms with E-state index in [0.717, 1.165) is 28.7 Å². The summed E-state index contributed by atoms with van der Waals surface area (Å²) in [6.45, 7) is 6.18. The predicted molar refractivity (Wildman–Crippen MR) is 67.1 cm³/mol. The van der Waals surface area contributed by atoms with E-state index in [4.69, 9.17) is 0 Å². The molecule has 0 amide bonds. The van der Waals surface area contributed by atoms with E-state index in [1.54, 1.807) is 6.07 Å². The number of aromatic nitrogens is 2. The van der Waals surface area contributed by atoms with Gasteiger partial charge in [0.2, 0.25) is 0 Å². The Morgan fingerprint density at radius 1 is 1.00 bits per heavy atom. The molecular weight excluding hydrogens is 212 g/mol. The van der Waals surface area contributed by atoms with Crippen LogP contribution in [0.3, 0.4) is 0 Å². The molecule has 0 saturated carbocycles. The van der Waals surface area contributed by atoms with E-state index in [9.17, 15) is 4.79 Å². The van der Waals surface area contributed by atoms with Crippen molar-refractivity contribution in [3.63, 3.8) is 0 Å². The second-order valence-electron chi connectivity index (χ2n) is 4.22. The van der Waals surface area contributed by atoms with Gasteiger partial charge in [0, 0.05) is 5.56 Å². The number of nitrogens with zero attached hydrogens (tertiary/aromatic N) is 2. The van der Waals surface area contributed by atoms with Crippen LogP contribution in [0.2, 0.25) is 0 Å². The molecule has 0 unspecified atom stereocenters. The van der Waals surface area contributed by atoms with Crippen molar-refractivity contribution in [2.75, 3.05) is 0 Å². The summed E-state index contributed by atoms with van der Waals surface area (Å²) < 4.78 is 0. The van der Waals surface area contributed by atoms with Gasteiger partial charge in [0.15, 0.2) is 6.29 Å². The Kier molecular flexibility index (Phi) is 3.00. The molecule has 0 aliphatic carbocycles. The van der Waals surface area contributed by atoms with E-state index in [-0.39, 0.29) is 0 Å². The quantitative estimate of drug-likeness (QED) is 0.739. The molecule has 0 radical (unpaired) electrons. The molecular formula is C14H14N2O. The lowest BCUT2D eigenvalue weighted by molar-refractivity contribution is 0.111. The maximum atomic E-state index is 10.7. The van der Waals surface area contributed by atoms with E-state index in [2.05, 4.69) is 42.9 Å². The summed E-state index contributed by atoms with van der Waals surface area (Å²) in [4.78, 5) is 18.8. The van der Waals surface area contributed by atoms with Gasteiger partial charge in [0.05, 0.1) is 5.69 Å². The highest BCUT2D eigenvalue weighted by Crippen LogP contribution is 2.26. The maximum Gasteiger partial charge on any atom is 0.168 e. The SMILES string of the molecule is Cc1cc(C)c(-c2cc(C=O)ncn2)c(C)c1. The van der Waals surface area contributed by atoms with Gasteiger partial charge in [-0.15, -0.1) is 0 Å². The second-order valence-corrected chi connectivity index (χ2v) is 4.22. The molecule has 0 spiro atoms. The lowest BCUT2D eigenvalue weighted by Gasteiger charge is -2.10. The topological polar surface area (TPSA) is 42.9 Å². The molecule has 0 atom stereocenters. The van der Waals surface area contributed by atoms with Crippen LogP contribution in [0.5, 0.6) is 0 Å². The molecule has 17 heavy (non-hydrogen) atoms. The van der Waals surface area contributed by atoms with Gasteiger partial charge in [0.25, 0.3) is 0 Å². The van der Waals surface area contributed by atoms with Crippen molar-refractivity contribution >= 4 is 6.29 Å². The molecule has 0 N–H and O–H groups in total. The minimum Gasteiger partial charge on any atom is -0.296 e. The lowest BCUT2D eigenvalue weighted by atomic mass is 9.97. The van der Waals surface area contributed by atoms with Gasteiger partial charge in [-0.3, -0.25) is 4.79 Å². The highest BCUT2D eigenvalue weighted by Gasteiger charge is 2.08. The third-order valence-corrected chi connectivity index (χ3v) is 2.74. The van der Waals surface area contributed by atoms with Crippen LogP contribution in [-0.2, 0) is 0 Å². The van der Waals surface area contributed by atoms with E-state index in [1.807, 2.05) is 0 Å². The van der Waals surface area contributed by atoms with Crippen molar-refractivity contribution in [3.05, 3.63) is 46.9 Å². The summed E-state index contributed by atoms with van der Waals surface area (Å²) in [5, 5.41) is 0. The van der Waals surface area contributed by atoms with Gasteiger partial charge in [-0.05, 0) is 38.0 Å². The molecule has 2 aromatic rings. The predicted octanol–water partition coefficient (Wildman–Crippen LogP) is 2.88. The van der Waals surface area contributed by atoms with Crippen LogP contribution in [0.15, 0.2) is 24.5 Å². The fourth-order valence-electron chi connectivity index (χ4n) is 2.16. The van der Waals surface area contributed by atoms with Crippen LogP contribution in [0.1, 0.15) is 27.2 Å². The van der Waals surface area contributed by atoms with Crippen molar-refractivity contribution in [1.29, 1.82) is 0 Å². The maximum absolute atomic E-state index is 10.7. The number of carbonyl (C=O) groups is 1. The van der Waals surface area contributed by atoms with Gasteiger partial charge in [0.1, 0.15) is 12.0 Å². The number of rotatable bonds is 2. The zero-order chi connectivity index (χ0) is 12.4. The first-order valence-corrected chi connectivity index (χ1v) is 5.47. The molecule has 1 aromatic heterocycles. The summed E-state index contributed by atoms with van der Waals surface area (Å²) in [5.41, 5.74) is 5.86. The third kappa shape index (κ3) is 2.23. The largest absolute Gasteiger partial charge is 0.296 e. The van der Waals surface area contributed by atoms with Crippen LogP contribution in [0.25, 0.3) is 11.3 Å². The molecule has 2 rings (SSSR count). The number of hydrogen-bond donors (Lipinski definition) is 0. The molecule has 3 heteroatoms. The van der Waals surface area contributed by atoms with Crippen LogP contribution < -0.4 is 0 Å². The summed E-state index contributed by atoms with van der Waals surface area (Å²) in [5.74, 6) is 0. The number of aryl methyl sites for hydroxylation is 3. The number of carbonyl (C=O) groups excluding carboxylic acids is 1. The smallest absolute Gasteiger partial charge is 0.168 e. The van der Waals surface area contributed by atoms with Gasteiger partial charge >= 0.3 is 0 Å². The molecule has 86 valence electrons. The third-order valence-electron chi connectivity index (χ3n) is 2.74. The van der Waals surface area contributed by atoms with E-state index in [0.29, 0.717) is 5.69 Å². The summed E-state index contributed by atoms with van der Waals surface area (Å²) in [6.07, 6.45) is 2.17. The number of hydrogen-bond acceptors (Lipinski definition) is 3. The van der Waals surface area contributed by atoms with Crippen LogP contribution in [0, 0.1) is 20.8 Å². The van der Waals surface area contributed by atoms with Crippen LogP contribution >= 0.6 is 0 Å². The minimum atomic E-state index is 0.411. The monoisotopic (exact) mass is 226 g/mol. The normalized spacial score (nSPS) is 10.3. The highest BCUT2D eigenvalue weighted by molar-refractivity contribution is 5.76. The Morgan fingerprint density at radius 3 is 2.24 bits per heavy atom. The van der Waals surface area contributed by atoms with Gasteiger partial charge in [-0.2, -0.15) is 0 Å². The highest BCUT2D eigenvalue weighted by atomic mass is 16.1. The average Bonchev–Trinajstić information content (AvgIpc) is 2.28. The van der Waals surface area contributed by atoms with E-state index < -0.39 is 0 Å². The Morgan fingerprint density at radius 2 is 1.65 bits per heavy atom. The Hall–Kier alpha value is -2.03.